The molecule has 0 aromatic heterocycles. The van der Waals surface area contributed by atoms with Crippen LogP contribution in [0.3, 0.4) is 0 Å². The summed E-state index contributed by atoms with van der Waals surface area (Å²) in [6.07, 6.45) is 0.949. The first-order valence-corrected chi connectivity index (χ1v) is 8.56. The highest BCUT2D eigenvalue weighted by Gasteiger charge is 2.10. The Morgan fingerprint density at radius 3 is 2.39 bits per heavy atom. The van der Waals surface area contributed by atoms with Gasteiger partial charge in [0, 0.05) is 12.9 Å². The van der Waals surface area contributed by atoms with Crippen LogP contribution in [0.15, 0.2) is 46.9 Å². The van der Waals surface area contributed by atoms with Gasteiger partial charge in [-0.05, 0) is 64.4 Å². The SMILES string of the molecule is Clc1cc(C(Br)Cc2ccc(Br)cc2)ccc1I. The Balaban J connectivity index is 2.13. The molecule has 0 N–H and O–H groups in total. The van der Waals surface area contributed by atoms with E-state index in [4.69, 9.17) is 11.6 Å². The summed E-state index contributed by atoms with van der Waals surface area (Å²) < 4.78 is 2.19. The molecule has 18 heavy (non-hydrogen) atoms. The summed E-state index contributed by atoms with van der Waals surface area (Å²) in [6.45, 7) is 0. The standard InChI is InChI=1S/C14H10Br2ClI/c15-11-4-1-9(2-5-11)7-12(16)10-3-6-14(18)13(17)8-10/h1-6,8,12H,7H2. The lowest BCUT2D eigenvalue weighted by Crippen LogP contribution is -1.95. The molecule has 0 spiro atoms. The fourth-order valence-electron chi connectivity index (χ4n) is 1.65. The fraction of sp³-hybridized carbons (Fsp3) is 0.143. The molecule has 2 aromatic carbocycles. The van der Waals surface area contributed by atoms with Crippen LogP contribution in [0.2, 0.25) is 5.02 Å². The number of halogens is 4. The van der Waals surface area contributed by atoms with Crippen LogP contribution >= 0.6 is 66.1 Å². The van der Waals surface area contributed by atoms with Crippen molar-refractivity contribution >= 4 is 66.1 Å². The smallest absolute Gasteiger partial charge is 0.0542 e. The Morgan fingerprint density at radius 2 is 1.78 bits per heavy atom. The van der Waals surface area contributed by atoms with Crippen molar-refractivity contribution in [2.45, 2.75) is 11.2 Å². The fourth-order valence-corrected chi connectivity index (χ4v) is 3.10. The second kappa shape index (κ2) is 6.73. The third-order valence-corrected chi connectivity index (χ3v) is 5.59. The molecule has 0 saturated heterocycles. The van der Waals surface area contributed by atoms with Crippen molar-refractivity contribution in [2.24, 2.45) is 0 Å². The lowest BCUT2D eigenvalue weighted by Gasteiger charge is -2.11. The Labute approximate surface area is 143 Å². The van der Waals surface area contributed by atoms with Crippen molar-refractivity contribution in [3.63, 3.8) is 0 Å². The number of hydrogen-bond acceptors (Lipinski definition) is 0. The molecule has 0 amide bonds. The van der Waals surface area contributed by atoms with Crippen LogP contribution in [-0.2, 0) is 6.42 Å². The van der Waals surface area contributed by atoms with Crippen molar-refractivity contribution in [1.29, 1.82) is 0 Å². The summed E-state index contributed by atoms with van der Waals surface area (Å²) in [5, 5.41) is 0.813. The molecule has 1 atom stereocenters. The van der Waals surface area contributed by atoms with Crippen LogP contribution < -0.4 is 0 Å². The zero-order valence-electron chi connectivity index (χ0n) is 9.34. The quantitative estimate of drug-likeness (QED) is 0.339. The Hall–Kier alpha value is 0.420. The normalized spacial score (nSPS) is 12.4. The number of benzene rings is 2. The molecule has 1 unspecified atom stereocenters. The number of alkyl halides is 1. The van der Waals surface area contributed by atoms with Gasteiger partial charge >= 0.3 is 0 Å². The summed E-state index contributed by atoms with van der Waals surface area (Å²) >= 11 is 15.6. The summed E-state index contributed by atoms with van der Waals surface area (Å²) in [6, 6.07) is 14.6. The van der Waals surface area contributed by atoms with Gasteiger partial charge in [0.05, 0.1) is 5.02 Å². The van der Waals surface area contributed by atoms with Gasteiger partial charge in [-0.3, -0.25) is 0 Å². The average molecular weight is 500 g/mol. The first-order chi connectivity index (χ1) is 8.56. The predicted molar refractivity (Wildman–Crippen MR) is 93.7 cm³/mol. The minimum absolute atomic E-state index is 0.285. The highest BCUT2D eigenvalue weighted by Crippen LogP contribution is 2.30. The van der Waals surface area contributed by atoms with E-state index in [0.29, 0.717) is 0 Å². The van der Waals surface area contributed by atoms with E-state index in [9.17, 15) is 0 Å². The number of hydrogen-bond donors (Lipinski definition) is 0. The van der Waals surface area contributed by atoms with Gasteiger partial charge in [0.25, 0.3) is 0 Å². The zero-order chi connectivity index (χ0) is 13.1. The molecule has 0 radical (unpaired) electrons. The van der Waals surface area contributed by atoms with Gasteiger partial charge < -0.3 is 0 Å². The van der Waals surface area contributed by atoms with Crippen LogP contribution in [0.4, 0.5) is 0 Å². The van der Waals surface area contributed by atoms with Crippen LogP contribution in [0, 0.1) is 3.57 Å². The lowest BCUT2D eigenvalue weighted by atomic mass is 10.0. The van der Waals surface area contributed by atoms with Gasteiger partial charge in [-0.1, -0.05) is 61.7 Å². The molecule has 0 heterocycles. The first-order valence-electron chi connectivity index (χ1n) is 5.40. The van der Waals surface area contributed by atoms with Crippen LogP contribution in [0.25, 0.3) is 0 Å². The molecule has 0 fully saturated rings. The monoisotopic (exact) mass is 498 g/mol. The van der Waals surface area contributed by atoms with E-state index in [-0.39, 0.29) is 4.83 Å². The predicted octanol–water partition coefficient (Wildman–Crippen LogP) is 6.39. The van der Waals surface area contributed by atoms with Crippen molar-refractivity contribution in [3.05, 3.63) is 66.7 Å². The van der Waals surface area contributed by atoms with Gasteiger partial charge in [-0.15, -0.1) is 0 Å². The minimum atomic E-state index is 0.285. The highest BCUT2D eigenvalue weighted by atomic mass is 127. The van der Waals surface area contributed by atoms with Gasteiger partial charge in [-0.2, -0.15) is 0 Å². The van der Waals surface area contributed by atoms with Crippen molar-refractivity contribution in [2.75, 3.05) is 0 Å². The van der Waals surface area contributed by atoms with Gasteiger partial charge in [0.2, 0.25) is 0 Å². The molecular weight excluding hydrogens is 490 g/mol. The summed E-state index contributed by atoms with van der Waals surface area (Å²) in [5.74, 6) is 0. The van der Waals surface area contributed by atoms with E-state index >= 15 is 0 Å². The van der Waals surface area contributed by atoms with Crippen LogP contribution in [0.5, 0.6) is 0 Å². The lowest BCUT2D eigenvalue weighted by molar-refractivity contribution is 0.948. The molecule has 0 saturated carbocycles. The van der Waals surface area contributed by atoms with E-state index in [0.717, 1.165) is 19.5 Å². The topological polar surface area (TPSA) is 0 Å². The van der Waals surface area contributed by atoms with Gasteiger partial charge in [0.15, 0.2) is 0 Å². The Kier molecular flexibility index (Phi) is 5.54. The number of rotatable bonds is 3. The Morgan fingerprint density at radius 1 is 1.11 bits per heavy atom. The maximum Gasteiger partial charge on any atom is 0.0542 e. The molecule has 2 aromatic rings. The molecular formula is C14H10Br2ClI. The van der Waals surface area contributed by atoms with Crippen LogP contribution in [-0.4, -0.2) is 0 Å². The molecule has 4 heteroatoms. The maximum absolute atomic E-state index is 6.15. The Bertz CT molecular complexity index is 540. The van der Waals surface area contributed by atoms with E-state index in [2.05, 4.69) is 84.8 Å². The molecule has 0 aliphatic rings. The molecule has 0 aliphatic heterocycles. The van der Waals surface area contributed by atoms with Crippen molar-refractivity contribution in [1.82, 2.24) is 0 Å². The zero-order valence-corrected chi connectivity index (χ0v) is 15.4. The molecule has 0 nitrogen and oxygen atoms in total. The molecule has 94 valence electrons. The highest BCUT2D eigenvalue weighted by molar-refractivity contribution is 14.1. The van der Waals surface area contributed by atoms with E-state index in [1.165, 1.54) is 11.1 Å². The van der Waals surface area contributed by atoms with Gasteiger partial charge in [-0.25, -0.2) is 0 Å². The molecule has 0 bridgehead atoms. The third-order valence-electron chi connectivity index (χ3n) is 2.63. The average Bonchev–Trinajstić information content (AvgIpc) is 2.35. The molecule has 2 rings (SSSR count). The van der Waals surface area contributed by atoms with Crippen molar-refractivity contribution in [3.8, 4) is 0 Å². The van der Waals surface area contributed by atoms with Crippen molar-refractivity contribution < 1.29 is 0 Å². The second-order valence-electron chi connectivity index (χ2n) is 3.97. The summed E-state index contributed by atoms with van der Waals surface area (Å²) in [4.78, 5) is 0.285. The van der Waals surface area contributed by atoms with E-state index in [1.54, 1.807) is 0 Å². The second-order valence-corrected chi connectivity index (χ2v) is 7.56. The molecule has 0 aliphatic carbocycles. The van der Waals surface area contributed by atoms with Crippen LogP contribution in [0.1, 0.15) is 16.0 Å². The van der Waals surface area contributed by atoms with Gasteiger partial charge in [0.1, 0.15) is 0 Å². The summed E-state index contributed by atoms with van der Waals surface area (Å²) in [5.41, 5.74) is 2.51. The van der Waals surface area contributed by atoms with E-state index in [1.807, 2.05) is 12.1 Å². The first kappa shape index (κ1) is 14.8. The third kappa shape index (κ3) is 3.95. The van der Waals surface area contributed by atoms with E-state index < -0.39 is 0 Å². The maximum atomic E-state index is 6.15. The summed E-state index contributed by atoms with van der Waals surface area (Å²) in [7, 11) is 0. The largest absolute Gasteiger partial charge is 0.0835 e. The minimum Gasteiger partial charge on any atom is -0.0835 e.